The van der Waals surface area contributed by atoms with Crippen molar-refractivity contribution in [1.29, 1.82) is 0 Å². The van der Waals surface area contributed by atoms with Gasteiger partial charge in [-0.25, -0.2) is 0 Å². The Morgan fingerprint density at radius 2 is 1.75 bits per heavy atom. The molecule has 1 N–H and O–H groups in total. The average Bonchev–Trinajstić information content (AvgIpc) is 2.46. The molecule has 1 aliphatic carbocycles. The summed E-state index contributed by atoms with van der Waals surface area (Å²) < 4.78 is 0. The summed E-state index contributed by atoms with van der Waals surface area (Å²) in [5, 5.41) is 10.3. The molecule has 0 aromatic heterocycles. The third kappa shape index (κ3) is 3.46. The van der Waals surface area contributed by atoms with Crippen LogP contribution in [0.25, 0.3) is 0 Å². The molecule has 0 heterocycles. The zero-order valence-corrected chi connectivity index (χ0v) is 11.5. The summed E-state index contributed by atoms with van der Waals surface area (Å²) in [6.07, 6.45) is 4.69. The number of hydrogen-bond acceptors (Lipinski definition) is 2. The van der Waals surface area contributed by atoms with Gasteiger partial charge in [0.2, 0.25) is 0 Å². The molecule has 0 bridgehead atoms. The van der Waals surface area contributed by atoms with Crippen LogP contribution in [-0.2, 0) is 0 Å². The van der Waals surface area contributed by atoms with Gasteiger partial charge < -0.3 is 10.0 Å². The van der Waals surface area contributed by atoms with Gasteiger partial charge in [0.25, 0.3) is 0 Å². The van der Waals surface area contributed by atoms with Gasteiger partial charge in [0.15, 0.2) is 0 Å². The summed E-state index contributed by atoms with van der Waals surface area (Å²) in [6, 6.07) is 0. The van der Waals surface area contributed by atoms with Crippen molar-refractivity contribution >= 4 is 0 Å². The Labute approximate surface area is 101 Å². The lowest BCUT2D eigenvalue weighted by molar-refractivity contribution is 0.0326. The van der Waals surface area contributed by atoms with Crippen molar-refractivity contribution in [3.8, 4) is 0 Å². The molecule has 2 heteroatoms. The summed E-state index contributed by atoms with van der Waals surface area (Å²) >= 11 is 0. The fourth-order valence-corrected chi connectivity index (χ4v) is 2.95. The maximum Gasteiger partial charge on any atom is 0.0631 e. The molecule has 0 radical (unpaired) electrons. The Balaban J connectivity index is 2.46. The predicted molar refractivity (Wildman–Crippen MR) is 69.5 cm³/mol. The highest BCUT2D eigenvalue weighted by Crippen LogP contribution is 2.41. The number of aliphatic hydroxyl groups excluding tert-OH is 1. The predicted octanol–water partition coefficient (Wildman–Crippen LogP) is 2.91. The molecular weight excluding hydrogens is 198 g/mol. The maximum absolute atomic E-state index is 10.3. The molecule has 0 amide bonds. The van der Waals surface area contributed by atoms with Crippen molar-refractivity contribution in [2.45, 2.75) is 59.5 Å². The minimum atomic E-state index is -0.108. The molecule has 2 atom stereocenters. The van der Waals surface area contributed by atoms with E-state index < -0.39 is 0 Å². The van der Waals surface area contributed by atoms with Gasteiger partial charge >= 0.3 is 0 Å². The monoisotopic (exact) mass is 227 g/mol. The van der Waals surface area contributed by atoms with Gasteiger partial charge in [0, 0.05) is 6.54 Å². The minimum absolute atomic E-state index is 0.108. The van der Waals surface area contributed by atoms with E-state index in [-0.39, 0.29) is 11.5 Å². The molecule has 1 fully saturated rings. The van der Waals surface area contributed by atoms with Gasteiger partial charge in [-0.2, -0.15) is 0 Å². The van der Waals surface area contributed by atoms with E-state index in [2.05, 4.69) is 32.6 Å². The normalized spacial score (nSPS) is 28.9. The van der Waals surface area contributed by atoms with E-state index in [4.69, 9.17) is 0 Å². The molecule has 0 aromatic rings. The van der Waals surface area contributed by atoms with Crippen LogP contribution in [0.3, 0.4) is 0 Å². The molecule has 0 aliphatic heterocycles. The van der Waals surface area contributed by atoms with Crippen LogP contribution in [0.2, 0.25) is 0 Å². The van der Waals surface area contributed by atoms with E-state index in [1.807, 2.05) is 0 Å². The standard InChI is InChI=1S/C14H29NO/c1-5-9-15(10-6-2)11-12-7-8-14(3,4)13(12)16/h12-13,16H,5-11H2,1-4H3. The van der Waals surface area contributed by atoms with E-state index in [0.29, 0.717) is 5.92 Å². The molecular formula is C14H29NO. The second kappa shape index (κ2) is 6.02. The Hall–Kier alpha value is -0.0800. The van der Waals surface area contributed by atoms with E-state index in [0.717, 1.165) is 6.54 Å². The van der Waals surface area contributed by atoms with Crippen molar-refractivity contribution in [3.05, 3.63) is 0 Å². The topological polar surface area (TPSA) is 23.5 Å². The molecule has 0 spiro atoms. The second-order valence-electron chi connectivity index (χ2n) is 6.03. The minimum Gasteiger partial charge on any atom is -0.392 e. The fourth-order valence-electron chi connectivity index (χ4n) is 2.95. The molecule has 1 saturated carbocycles. The van der Waals surface area contributed by atoms with Crippen LogP contribution in [0.5, 0.6) is 0 Å². The van der Waals surface area contributed by atoms with Crippen molar-refractivity contribution in [2.24, 2.45) is 11.3 Å². The van der Waals surface area contributed by atoms with Gasteiger partial charge in [0.05, 0.1) is 6.10 Å². The van der Waals surface area contributed by atoms with Crippen molar-refractivity contribution in [1.82, 2.24) is 4.90 Å². The van der Waals surface area contributed by atoms with E-state index >= 15 is 0 Å². The third-order valence-electron chi connectivity index (χ3n) is 3.98. The maximum atomic E-state index is 10.3. The molecule has 1 rings (SSSR count). The summed E-state index contributed by atoms with van der Waals surface area (Å²) in [5.41, 5.74) is 0.134. The summed E-state index contributed by atoms with van der Waals surface area (Å²) in [4.78, 5) is 2.52. The smallest absolute Gasteiger partial charge is 0.0631 e. The van der Waals surface area contributed by atoms with Crippen LogP contribution in [-0.4, -0.2) is 35.7 Å². The molecule has 0 aromatic carbocycles. The molecule has 96 valence electrons. The molecule has 16 heavy (non-hydrogen) atoms. The van der Waals surface area contributed by atoms with Crippen molar-refractivity contribution < 1.29 is 5.11 Å². The van der Waals surface area contributed by atoms with Crippen LogP contribution < -0.4 is 0 Å². The highest BCUT2D eigenvalue weighted by molar-refractivity contribution is 4.92. The zero-order valence-electron chi connectivity index (χ0n) is 11.5. The first-order chi connectivity index (χ1) is 7.51. The van der Waals surface area contributed by atoms with Crippen LogP contribution >= 0.6 is 0 Å². The third-order valence-corrected chi connectivity index (χ3v) is 3.98. The summed E-state index contributed by atoms with van der Waals surface area (Å²) in [7, 11) is 0. The van der Waals surface area contributed by atoms with Gasteiger partial charge in [-0.15, -0.1) is 0 Å². The van der Waals surface area contributed by atoms with E-state index in [1.54, 1.807) is 0 Å². The number of nitrogens with zero attached hydrogens (tertiary/aromatic N) is 1. The fraction of sp³-hybridized carbons (Fsp3) is 1.00. The summed E-state index contributed by atoms with van der Waals surface area (Å²) in [6.45, 7) is 12.3. The van der Waals surface area contributed by atoms with E-state index in [9.17, 15) is 5.11 Å². The number of rotatable bonds is 6. The van der Waals surface area contributed by atoms with Gasteiger partial charge in [0.1, 0.15) is 0 Å². The van der Waals surface area contributed by atoms with Gasteiger partial charge in [-0.05, 0) is 50.1 Å². The van der Waals surface area contributed by atoms with Crippen molar-refractivity contribution in [2.75, 3.05) is 19.6 Å². The number of hydrogen-bond donors (Lipinski definition) is 1. The highest BCUT2D eigenvalue weighted by atomic mass is 16.3. The first kappa shape index (κ1) is 14.0. The first-order valence-corrected chi connectivity index (χ1v) is 6.91. The van der Waals surface area contributed by atoms with Crippen LogP contribution in [0.1, 0.15) is 53.4 Å². The largest absolute Gasteiger partial charge is 0.392 e. The Morgan fingerprint density at radius 1 is 1.19 bits per heavy atom. The van der Waals surface area contributed by atoms with Crippen LogP contribution in [0.4, 0.5) is 0 Å². The molecule has 2 unspecified atom stereocenters. The van der Waals surface area contributed by atoms with E-state index in [1.165, 1.54) is 38.8 Å². The zero-order chi connectivity index (χ0) is 12.2. The summed E-state index contributed by atoms with van der Waals surface area (Å²) in [5.74, 6) is 0.494. The average molecular weight is 227 g/mol. The second-order valence-corrected chi connectivity index (χ2v) is 6.03. The van der Waals surface area contributed by atoms with Gasteiger partial charge in [-0.3, -0.25) is 0 Å². The lowest BCUT2D eigenvalue weighted by Gasteiger charge is -2.30. The number of aliphatic hydroxyl groups is 1. The Morgan fingerprint density at radius 3 is 2.12 bits per heavy atom. The molecule has 2 nitrogen and oxygen atoms in total. The lowest BCUT2D eigenvalue weighted by atomic mass is 9.87. The van der Waals surface area contributed by atoms with Crippen molar-refractivity contribution in [3.63, 3.8) is 0 Å². The first-order valence-electron chi connectivity index (χ1n) is 6.91. The Bertz CT molecular complexity index is 197. The van der Waals surface area contributed by atoms with Gasteiger partial charge in [-0.1, -0.05) is 27.7 Å². The Kier molecular flexibility index (Phi) is 5.26. The molecule has 0 saturated heterocycles. The highest BCUT2D eigenvalue weighted by Gasteiger charge is 2.40. The van der Waals surface area contributed by atoms with Crippen LogP contribution in [0, 0.1) is 11.3 Å². The quantitative estimate of drug-likeness (QED) is 0.754. The molecule has 1 aliphatic rings. The van der Waals surface area contributed by atoms with Crippen LogP contribution in [0.15, 0.2) is 0 Å². The lowest BCUT2D eigenvalue weighted by Crippen LogP contribution is -2.37. The SMILES string of the molecule is CCCN(CCC)CC1CCC(C)(C)C1O.